The lowest BCUT2D eigenvalue weighted by Crippen LogP contribution is -2.09. The molecule has 1 aromatic heterocycles. The second-order valence-corrected chi connectivity index (χ2v) is 6.02. The molecule has 21 heavy (non-hydrogen) atoms. The molecule has 2 N–H and O–H groups in total. The maximum Gasteiger partial charge on any atom is 0.104 e. The molecule has 2 nitrogen and oxygen atoms in total. The van der Waals surface area contributed by atoms with Gasteiger partial charge in [-0.05, 0) is 41.6 Å². The van der Waals surface area contributed by atoms with E-state index in [0.29, 0.717) is 4.99 Å². The number of hydrogen-bond acceptors (Lipinski definition) is 1. The van der Waals surface area contributed by atoms with Crippen molar-refractivity contribution in [2.24, 2.45) is 5.73 Å². The van der Waals surface area contributed by atoms with Crippen LogP contribution in [0.1, 0.15) is 16.7 Å². The van der Waals surface area contributed by atoms with E-state index in [1.807, 2.05) is 31.2 Å². The van der Waals surface area contributed by atoms with Gasteiger partial charge in [0.05, 0.1) is 0 Å². The first-order valence-electron chi connectivity index (χ1n) is 6.68. The van der Waals surface area contributed by atoms with Crippen LogP contribution in [0, 0.1) is 6.92 Å². The maximum absolute atomic E-state index is 6.33. The highest BCUT2D eigenvalue weighted by Gasteiger charge is 2.07. The van der Waals surface area contributed by atoms with Gasteiger partial charge >= 0.3 is 0 Å². The van der Waals surface area contributed by atoms with Gasteiger partial charge in [0.15, 0.2) is 0 Å². The van der Waals surface area contributed by atoms with E-state index < -0.39 is 0 Å². The number of aromatic nitrogens is 1. The van der Waals surface area contributed by atoms with Crippen LogP contribution in [-0.4, -0.2) is 9.56 Å². The van der Waals surface area contributed by atoms with Gasteiger partial charge in [0.1, 0.15) is 4.99 Å². The van der Waals surface area contributed by atoms with Crippen molar-refractivity contribution in [3.63, 3.8) is 0 Å². The van der Waals surface area contributed by atoms with Crippen LogP contribution in [0.5, 0.6) is 0 Å². The highest BCUT2D eigenvalue weighted by Crippen LogP contribution is 2.23. The highest BCUT2D eigenvalue weighted by atomic mass is 35.5. The minimum atomic E-state index is 0.415. The number of benzene rings is 2. The van der Waals surface area contributed by atoms with Crippen molar-refractivity contribution in [3.8, 4) is 0 Å². The monoisotopic (exact) mass is 314 g/mol. The molecule has 0 amide bonds. The predicted molar refractivity (Wildman–Crippen MR) is 93.1 cm³/mol. The lowest BCUT2D eigenvalue weighted by atomic mass is 10.1. The number of thiocarbonyl (C=S) groups is 1. The van der Waals surface area contributed by atoms with E-state index in [0.717, 1.165) is 33.8 Å². The quantitative estimate of drug-likeness (QED) is 0.731. The average Bonchev–Trinajstić information content (AvgIpc) is 2.84. The van der Waals surface area contributed by atoms with E-state index >= 15 is 0 Å². The topological polar surface area (TPSA) is 30.9 Å². The van der Waals surface area contributed by atoms with Crippen molar-refractivity contribution >= 4 is 39.7 Å². The van der Waals surface area contributed by atoms with Crippen LogP contribution in [0.2, 0.25) is 5.02 Å². The fraction of sp³-hybridized carbons (Fsp3) is 0.118. The SMILES string of the molecule is Cc1ccc(Cn2ccc3ccc(C(N)=S)cc32)c(Cl)c1. The van der Waals surface area contributed by atoms with Crippen LogP contribution >= 0.6 is 23.8 Å². The molecule has 0 saturated carbocycles. The summed E-state index contributed by atoms with van der Waals surface area (Å²) in [5.41, 5.74) is 9.97. The first-order valence-corrected chi connectivity index (χ1v) is 7.47. The number of hydrogen-bond donors (Lipinski definition) is 1. The molecule has 0 aliphatic carbocycles. The van der Waals surface area contributed by atoms with Gasteiger partial charge in [-0.3, -0.25) is 0 Å². The number of aryl methyl sites for hydroxylation is 1. The van der Waals surface area contributed by atoms with Crippen LogP contribution in [0.15, 0.2) is 48.7 Å². The Morgan fingerprint density at radius 3 is 2.71 bits per heavy atom. The molecule has 0 fully saturated rings. The van der Waals surface area contributed by atoms with Crippen molar-refractivity contribution < 1.29 is 0 Å². The van der Waals surface area contributed by atoms with E-state index in [9.17, 15) is 0 Å². The van der Waals surface area contributed by atoms with Gasteiger partial charge in [0.25, 0.3) is 0 Å². The van der Waals surface area contributed by atoms with Gasteiger partial charge in [0, 0.05) is 28.8 Å². The van der Waals surface area contributed by atoms with Crippen LogP contribution in [0.25, 0.3) is 10.9 Å². The van der Waals surface area contributed by atoms with Gasteiger partial charge in [-0.1, -0.05) is 48.1 Å². The predicted octanol–water partition coefficient (Wildman–Crippen LogP) is 4.29. The summed E-state index contributed by atoms with van der Waals surface area (Å²) >= 11 is 11.4. The van der Waals surface area contributed by atoms with Crippen LogP contribution in [0.4, 0.5) is 0 Å². The van der Waals surface area contributed by atoms with E-state index in [-0.39, 0.29) is 0 Å². The normalized spacial score (nSPS) is 11.0. The Hall–Kier alpha value is -1.84. The summed E-state index contributed by atoms with van der Waals surface area (Å²) in [5, 5.41) is 1.96. The Morgan fingerprint density at radius 2 is 2.00 bits per heavy atom. The number of rotatable bonds is 3. The summed E-state index contributed by atoms with van der Waals surface area (Å²) < 4.78 is 2.16. The summed E-state index contributed by atoms with van der Waals surface area (Å²) in [5.74, 6) is 0. The van der Waals surface area contributed by atoms with E-state index in [4.69, 9.17) is 29.6 Å². The van der Waals surface area contributed by atoms with Gasteiger partial charge in [-0.15, -0.1) is 0 Å². The fourth-order valence-electron chi connectivity index (χ4n) is 2.44. The zero-order chi connectivity index (χ0) is 15.0. The second kappa shape index (κ2) is 5.51. The zero-order valence-electron chi connectivity index (χ0n) is 11.6. The third kappa shape index (κ3) is 2.80. The number of halogens is 1. The first kappa shape index (κ1) is 14.1. The molecule has 0 unspecified atom stereocenters. The summed E-state index contributed by atoms with van der Waals surface area (Å²) in [6, 6.07) is 14.2. The molecule has 0 atom stereocenters. The van der Waals surface area contributed by atoms with Gasteiger partial charge in [0.2, 0.25) is 0 Å². The Morgan fingerprint density at radius 1 is 1.19 bits per heavy atom. The molecule has 3 aromatic rings. The van der Waals surface area contributed by atoms with Gasteiger partial charge in [-0.25, -0.2) is 0 Å². The second-order valence-electron chi connectivity index (χ2n) is 5.18. The first-order chi connectivity index (χ1) is 10.0. The lowest BCUT2D eigenvalue weighted by molar-refractivity contribution is 0.836. The summed E-state index contributed by atoms with van der Waals surface area (Å²) in [6.07, 6.45) is 2.06. The highest BCUT2D eigenvalue weighted by molar-refractivity contribution is 7.80. The number of fused-ring (bicyclic) bond motifs is 1. The largest absolute Gasteiger partial charge is 0.389 e. The Kier molecular flexibility index (Phi) is 3.70. The summed E-state index contributed by atoms with van der Waals surface area (Å²) in [4.78, 5) is 0.415. The minimum Gasteiger partial charge on any atom is -0.389 e. The Balaban J connectivity index is 2.04. The van der Waals surface area contributed by atoms with E-state index in [2.05, 4.69) is 29.0 Å². The Bertz CT molecular complexity index is 836. The van der Waals surface area contributed by atoms with Crippen LogP contribution in [-0.2, 0) is 6.54 Å². The molecule has 0 saturated heterocycles. The molecule has 0 spiro atoms. The molecule has 4 heteroatoms. The summed E-state index contributed by atoms with van der Waals surface area (Å²) in [7, 11) is 0. The average molecular weight is 315 g/mol. The lowest BCUT2D eigenvalue weighted by Gasteiger charge is -2.09. The van der Waals surface area contributed by atoms with Crippen molar-refractivity contribution in [3.05, 3.63) is 70.4 Å². The molecule has 3 rings (SSSR count). The molecule has 0 bridgehead atoms. The molecule has 106 valence electrons. The van der Waals surface area contributed by atoms with E-state index in [1.165, 1.54) is 5.39 Å². The van der Waals surface area contributed by atoms with Gasteiger partial charge in [-0.2, -0.15) is 0 Å². The number of nitrogens with zero attached hydrogens (tertiary/aromatic N) is 1. The molecule has 0 radical (unpaired) electrons. The standard InChI is InChI=1S/C17H15ClN2S/c1-11-2-3-14(15(18)8-11)10-20-7-6-12-4-5-13(17(19)21)9-16(12)20/h2-9H,10H2,1H3,(H2,19,21). The van der Waals surface area contributed by atoms with Crippen molar-refractivity contribution in [1.82, 2.24) is 4.57 Å². The zero-order valence-corrected chi connectivity index (χ0v) is 13.2. The molecular weight excluding hydrogens is 300 g/mol. The van der Waals surface area contributed by atoms with E-state index in [1.54, 1.807) is 0 Å². The van der Waals surface area contributed by atoms with Crippen LogP contribution in [0.3, 0.4) is 0 Å². The smallest absolute Gasteiger partial charge is 0.104 e. The third-order valence-electron chi connectivity index (χ3n) is 3.61. The number of nitrogens with two attached hydrogens (primary N) is 1. The van der Waals surface area contributed by atoms with Crippen molar-refractivity contribution in [2.45, 2.75) is 13.5 Å². The maximum atomic E-state index is 6.33. The summed E-state index contributed by atoms with van der Waals surface area (Å²) in [6.45, 7) is 2.76. The van der Waals surface area contributed by atoms with Crippen molar-refractivity contribution in [1.29, 1.82) is 0 Å². The minimum absolute atomic E-state index is 0.415. The molecule has 0 aliphatic rings. The fourth-order valence-corrected chi connectivity index (χ4v) is 2.86. The molecular formula is C17H15ClN2S. The molecule has 2 aromatic carbocycles. The van der Waals surface area contributed by atoms with Crippen molar-refractivity contribution in [2.75, 3.05) is 0 Å². The molecule has 0 aliphatic heterocycles. The van der Waals surface area contributed by atoms with Gasteiger partial charge < -0.3 is 10.3 Å². The third-order valence-corrected chi connectivity index (χ3v) is 4.20. The van der Waals surface area contributed by atoms with Crippen LogP contribution < -0.4 is 5.73 Å². The molecule has 1 heterocycles. The Labute approximate surface area is 134 Å².